The maximum Gasteiger partial charge on any atom is 0.155 e. The summed E-state index contributed by atoms with van der Waals surface area (Å²) in [5, 5.41) is 0. The summed E-state index contributed by atoms with van der Waals surface area (Å²) in [6.45, 7) is 4.01. The molecule has 0 bridgehead atoms. The number of hydrogen-bond donors (Lipinski definition) is 0. The highest BCUT2D eigenvalue weighted by molar-refractivity contribution is 5.82. The second-order valence-corrected chi connectivity index (χ2v) is 3.26. The van der Waals surface area contributed by atoms with Crippen LogP contribution in [0.5, 0.6) is 0 Å². The van der Waals surface area contributed by atoms with Gasteiger partial charge in [0.1, 0.15) is 0 Å². The van der Waals surface area contributed by atoms with Gasteiger partial charge in [0, 0.05) is 18.8 Å². The standard InChI is InChI=1S/C10H16N2O/c1-3-4-5-10(13)9(2)12-7-6-11-8-12/h6-9H,3-5H2,1-2H3. The maximum atomic E-state index is 11.6. The molecule has 3 heteroatoms. The van der Waals surface area contributed by atoms with E-state index in [1.54, 1.807) is 12.5 Å². The van der Waals surface area contributed by atoms with Crippen LogP contribution in [0.25, 0.3) is 0 Å². The van der Waals surface area contributed by atoms with Crippen LogP contribution in [0.3, 0.4) is 0 Å². The topological polar surface area (TPSA) is 34.9 Å². The van der Waals surface area contributed by atoms with Crippen molar-refractivity contribution in [3.05, 3.63) is 18.7 Å². The fourth-order valence-corrected chi connectivity index (χ4v) is 1.22. The molecule has 3 nitrogen and oxygen atoms in total. The zero-order valence-corrected chi connectivity index (χ0v) is 8.23. The van der Waals surface area contributed by atoms with Crippen molar-refractivity contribution in [1.29, 1.82) is 0 Å². The molecule has 0 aromatic carbocycles. The van der Waals surface area contributed by atoms with E-state index in [2.05, 4.69) is 11.9 Å². The van der Waals surface area contributed by atoms with E-state index in [1.165, 1.54) is 0 Å². The Morgan fingerprint density at radius 3 is 2.92 bits per heavy atom. The number of Topliss-reactive ketones (excluding diaryl/α,β-unsaturated/α-hetero) is 1. The summed E-state index contributed by atoms with van der Waals surface area (Å²) in [5.74, 6) is 0.292. The van der Waals surface area contributed by atoms with Crippen LogP contribution in [0.4, 0.5) is 0 Å². The highest BCUT2D eigenvalue weighted by Gasteiger charge is 2.12. The van der Waals surface area contributed by atoms with Gasteiger partial charge in [-0.3, -0.25) is 4.79 Å². The summed E-state index contributed by atoms with van der Waals surface area (Å²) in [4.78, 5) is 15.5. The highest BCUT2D eigenvalue weighted by atomic mass is 16.1. The zero-order chi connectivity index (χ0) is 9.68. The van der Waals surface area contributed by atoms with Crippen LogP contribution in [-0.2, 0) is 4.79 Å². The number of imidazole rings is 1. The first-order valence-corrected chi connectivity index (χ1v) is 4.76. The molecule has 0 saturated heterocycles. The summed E-state index contributed by atoms with van der Waals surface area (Å²) < 4.78 is 1.85. The molecule has 1 atom stereocenters. The first kappa shape index (κ1) is 9.96. The Labute approximate surface area is 78.8 Å². The largest absolute Gasteiger partial charge is 0.327 e. The normalized spacial score (nSPS) is 12.8. The maximum absolute atomic E-state index is 11.6. The van der Waals surface area contributed by atoms with Gasteiger partial charge in [-0.1, -0.05) is 13.3 Å². The van der Waals surface area contributed by atoms with Crippen LogP contribution in [-0.4, -0.2) is 15.3 Å². The van der Waals surface area contributed by atoms with Gasteiger partial charge in [-0.2, -0.15) is 0 Å². The predicted octanol–water partition coefficient (Wildman–Crippen LogP) is 2.20. The highest BCUT2D eigenvalue weighted by Crippen LogP contribution is 2.10. The van der Waals surface area contributed by atoms with Crippen molar-refractivity contribution in [3.63, 3.8) is 0 Å². The van der Waals surface area contributed by atoms with Gasteiger partial charge in [-0.05, 0) is 13.3 Å². The lowest BCUT2D eigenvalue weighted by Crippen LogP contribution is -2.14. The number of hydrogen-bond acceptors (Lipinski definition) is 2. The van der Waals surface area contributed by atoms with Crippen molar-refractivity contribution >= 4 is 5.78 Å². The molecule has 0 aliphatic carbocycles. The quantitative estimate of drug-likeness (QED) is 0.696. The van der Waals surface area contributed by atoms with E-state index in [9.17, 15) is 4.79 Å². The first-order valence-electron chi connectivity index (χ1n) is 4.76. The van der Waals surface area contributed by atoms with Crippen molar-refractivity contribution in [2.24, 2.45) is 0 Å². The summed E-state index contributed by atoms with van der Waals surface area (Å²) in [7, 11) is 0. The van der Waals surface area contributed by atoms with Gasteiger partial charge in [0.15, 0.2) is 5.78 Å². The van der Waals surface area contributed by atoms with Gasteiger partial charge in [0.2, 0.25) is 0 Å². The third-order valence-electron chi connectivity index (χ3n) is 2.21. The number of unbranched alkanes of at least 4 members (excludes halogenated alkanes) is 1. The average molecular weight is 180 g/mol. The number of ketones is 1. The molecule has 0 aliphatic heterocycles. The zero-order valence-electron chi connectivity index (χ0n) is 8.23. The van der Waals surface area contributed by atoms with E-state index in [1.807, 2.05) is 17.7 Å². The predicted molar refractivity (Wildman–Crippen MR) is 51.5 cm³/mol. The molecular formula is C10H16N2O. The van der Waals surface area contributed by atoms with Crippen molar-refractivity contribution in [3.8, 4) is 0 Å². The van der Waals surface area contributed by atoms with Crippen LogP contribution in [0, 0.1) is 0 Å². The SMILES string of the molecule is CCCCC(=O)C(C)n1ccnc1. The van der Waals surface area contributed by atoms with Crippen molar-refractivity contribution < 1.29 is 4.79 Å². The van der Waals surface area contributed by atoms with Crippen LogP contribution in [0.2, 0.25) is 0 Å². The Kier molecular flexibility index (Phi) is 3.68. The molecule has 0 radical (unpaired) electrons. The minimum atomic E-state index is -0.0611. The third-order valence-corrected chi connectivity index (χ3v) is 2.21. The minimum Gasteiger partial charge on any atom is -0.327 e. The van der Waals surface area contributed by atoms with Crippen LogP contribution in [0.15, 0.2) is 18.7 Å². The number of carbonyl (C=O) groups excluding carboxylic acids is 1. The van der Waals surface area contributed by atoms with Crippen LogP contribution >= 0.6 is 0 Å². The Morgan fingerprint density at radius 2 is 2.38 bits per heavy atom. The Morgan fingerprint density at radius 1 is 1.62 bits per heavy atom. The molecular weight excluding hydrogens is 164 g/mol. The molecule has 1 aromatic rings. The molecule has 0 amide bonds. The lowest BCUT2D eigenvalue weighted by molar-refractivity contribution is -0.121. The number of aromatic nitrogens is 2. The molecule has 0 saturated carbocycles. The van der Waals surface area contributed by atoms with Gasteiger partial charge in [-0.25, -0.2) is 4.98 Å². The van der Waals surface area contributed by atoms with E-state index in [-0.39, 0.29) is 6.04 Å². The third kappa shape index (κ3) is 2.68. The summed E-state index contributed by atoms with van der Waals surface area (Å²) in [6.07, 6.45) is 7.95. The molecule has 1 rings (SSSR count). The van der Waals surface area contributed by atoms with Crippen molar-refractivity contribution in [2.75, 3.05) is 0 Å². The smallest absolute Gasteiger partial charge is 0.155 e. The van der Waals surface area contributed by atoms with Crippen LogP contribution < -0.4 is 0 Å². The Balaban J connectivity index is 2.48. The van der Waals surface area contributed by atoms with E-state index in [0.29, 0.717) is 12.2 Å². The fraction of sp³-hybridized carbons (Fsp3) is 0.600. The van der Waals surface area contributed by atoms with Gasteiger partial charge >= 0.3 is 0 Å². The van der Waals surface area contributed by atoms with E-state index < -0.39 is 0 Å². The lowest BCUT2D eigenvalue weighted by Gasteiger charge is -2.10. The van der Waals surface area contributed by atoms with E-state index in [4.69, 9.17) is 0 Å². The molecule has 1 aromatic heterocycles. The molecule has 1 heterocycles. The van der Waals surface area contributed by atoms with Gasteiger partial charge < -0.3 is 4.57 Å². The number of carbonyl (C=O) groups is 1. The second-order valence-electron chi connectivity index (χ2n) is 3.26. The molecule has 72 valence electrons. The summed E-state index contributed by atoms with van der Waals surface area (Å²) in [5.41, 5.74) is 0. The van der Waals surface area contributed by atoms with Crippen LogP contribution in [0.1, 0.15) is 39.2 Å². The Hall–Kier alpha value is -1.12. The van der Waals surface area contributed by atoms with E-state index in [0.717, 1.165) is 12.8 Å². The number of rotatable bonds is 5. The summed E-state index contributed by atoms with van der Waals surface area (Å²) >= 11 is 0. The number of nitrogens with zero attached hydrogens (tertiary/aromatic N) is 2. The van der Waals surface area contributed by atoms with Gasteiger partial charge in [-0.15, -0.1) is 0 Å². The molecule has 0 spiro atoms. The molecule has 0 aliphatic rings. The molecule has 13 heavy (non-hydrogen) atoms. The molecule has 1 unspecified atom stereocenters. The lowest BCUT2D eigenvalue weighted by atomic mass is 10.1. The fourth-order valence-electron chi connectivity index (χ4n) is 1.22. The Bertz CT molecular complexity index is 254. The minimum absolute atomic E-state index is 0.0611. The van der Waals surface area contributed by atoms with Gasteiger partial charge in [0.25, 0.3) is 0 Å². The molecule has 0 fully saturated rings. The first-order chi connectivity index (χ1) is 6.25. The molecule has 0 N–H and O–H groups in total. The monoisotopic (exact) mass is 180 g/mol. The van der Waals surface area contributed by atoms with Gasteiger partial charge in [0.05, 0.1) is 12.4 Å². The van der Waals surface area contributed by atoms with Crippen molar-refractivity contribution in [2.45, 2.75) is 39.2 Å². The second kappa shape index (κ2) is 4.80. The average Bonchev–Trinajstić information content (AvgIpc) is 2.65. The van der Waals surface area contributed by atoms with E-state index >= 15 is 0 Å². The summed E-state index contributed by atoms with van der Waals surface area (Å²) in [6, 6.07) is -0.0611. The van der Waals surface area contributed by atoms with Crippen molar-refractivity contribution in [1.82, 2.24) is 9.55 Å².